The van der Waals surface area contributed by atoms with Crippen molar-refractivity contribution in [3.8, 4) is 22.8 Å². The number of carbonyl (C=O) groups excluding carboxylic acids is 1. The summed E-state index contributed by atoms with van der Waals surface area (Å²) in [5.41, 5.74) is 2.59. The highest BCUT2D eigenvalue weighted by atomic mass is 16.5. The Bertz CT molecular complexity index is 970. The van der Waals surface area contributed by atoms with Gasteiger partial charge in [0, 0.05) is 24.0 Å². The Morgan fingerprint density at radius 3 is 2.70 bits per heavy atom. The normalized spacial score (nSPS) is 14.5. The summed E-state index contributed by atoms with van der Waals surface area (Å²) in [4.78, 5) is 14.5. The molecule has 0 saturated carbocycles. The summed E-state index contributed by atoms with van der Waals surface area (Å²) < 4.78 is 11.1. The van der Waals surface area contributed by atoms with Gasteiger partial charge in [-0.2, -0.15) is 0 Å². The molecule has 0 atom stereocenters. The molecule has 0 aliphatic carbocycles. The molecule has 0 unspecified atom stereocenters. The molecule has 0 radical (unpaired) electrons. The Morgan fingerprint density at radius 2 is 1.93 bits per heavy atom. The number of phenolic OH excluding ortho intramolecular Hbond substituents is 1. The maximum Gasteiger partial charge on any atom is 0.226 e. The first kappa shape index (κ1) is 17.5. The van der Waals surface area contributed by atoms with Crippen LogP contribution in [0.15, 0.2) is 46.9 Å². The van der Waals surface area contributed by atoms with E-state index in [0.717, 1.165) is 48.0 Å². The van der Waals surface area contributed by atoms with Gasteiger partial charge < -0.3 is 19.2 Å². The second-order valence-electron chi connectivity index (χ2n) is 6.99. The second-order valence-corrected chi connectivity index (χ2v) is 6.99. The summed E-state index contributed by atoms with van der Waals surface area (Å²) in [7, 11) is 1.52. The average molecular weight is 365 g/mol. The van der Waals surface area contributed by atoms with Crippen molar-refractivity contribution in [2.45, 2.75) is 25.7 Å². The fraction of sp³-hybridized carbons (Fsp3) is 0.318. The Labute approximate surface area is 158 Å². The van der Waals surface area contributed by atoms with E-state index >= 15 is 0 Å². The summed E-state index contributed by atoms with van der Waals surface area (Å²) in [5.74, 6) is 1.39. The van der Waals surface area contributed by atoms with Crippen LogP contribution in [0.1, 0.15) is 24.8 Å². The van der Waals surface area contributed by atoms with Gasteiger partial charge in [-0.1, -0.05) is 6.07 Å². The van der Waals surface area contributed by atoms with Gasteiger partial charge in [0.1, 0.15) is 11.3 Å². The summed E-state index contributed by atoms with van der Waals surface area (Å²) >= 11 is 0. The summed E-state index contributed by atoms with van der Waals surface area (Å²) in [6.45, 7) is 1.75. The highest BCUT2D eigenvalue weighted by molar-refractivity contribution is 5.86. The van der Waals surface area contributed by atoms with Gasteiger partial charge in [-0.3, -0.25) is 4.79 Å². The monoisotopic (exact) mass is 365 g/mol. The van der Waals surface area contributed by atoms with E-state index in [1.807, 2.05) is 29.2 Å². The van der Waals surface area contributed by atoms with Crippen LogP contribution in [0.2, 0.25) is 0 Å². The van der Waals surface area contributed by atoms with Crippen molar-refractivity contribution in [1.82, 2.24) is 4.90 Å². The van der Waals surface area contributed by atoms with Crippen LogP contribution in [0.5, 0.6) is 11.5 Å². The van der Waals surface area contributed by atoms with E-state index in [4.69, 9.17) is 9.15 Å². The Hall–Kier alpha value is -2.95. The van der Waals surface area contributed by atoms with Crippen molar-refractivity contribution in [3.63, 3.8) is 0 Å². The number of piperidine rings is 1. The zero-order valence-electron chi connectivity index (χ0n) is 15.4. The molecule has 2 aromatic carbocycles. The third kappa shape index (κ3) is 3.63. The van der Waals surface area contributed by atoms with Gasteiger partial charge in [-0.25, -0.2) is 0 Å². The lowest BCUT2D eigenvalue weighted by Gasteiger charge is -2.26. The molecular formula is C22H23NO4. The van der Waals surface area contributed by atoms with Gasteiger partial charge >= 0.3 is 0 Å². The Balaban J connectivity index is 1.57. The fourth-order valence-electron chi connectivity index (χ4n) is 3.61. The van der Waals surface area contributed by atoms with Gasteiger partial charge in [-0.15, -0.1) is 0 Å². The molecule has 5 nitrogen and oxygen atoms in total. The van der Waals surface area contributed by atoms with Crippen LogP contribution in [-0.2, 0) is 11.2 Å². The van der Waals surface area contributed by atoms with Crippen LogP contribution < -0.4 is 4.74 Å². The molecule has 0 bridgehead atoms. The third-order valence-electron chi connectivity index (χ3n) is 5.11. The van der Waals surface area contributed by atoms with Crippen molar-refractivity contribution in [2.24, 2.45) is 0 Å². The Morgan fingerprint density at radius 1 is 1.11 bits per heavy atom. The molecule has 4 rings (SSSR count). The number of methoxy groups -OCH3 is 1. The highest BCUT2D eigenvalue weighted by Crippen LogP contribution is 2.34. The minimum Gasteiger partial charge on any atom is -0.504 e. The molecule has 1 fully saturated rings. The van der Waals surface area contributed by atoms with Gasteiger partial charge in [0.25, 0.3) is 0 Å². The van der Waals surface area contributed by atoms with Gasteiger partial charge in [-0.05, 0) is 61.2 Å². The predicted molar refractivity (Wildman–Crippen MR) is 104 cm³/mol. The van der Waals surface area contributed by atoms with Crippen molar-refractivity contribution in [3.05, 3.63) is 48.0 Å². The van der Waals surface area contributed by atoms with E-state index in [1.165, 1.54) is 13.5 Å². The van der Waals surface area contributed by atoms with Gasteiger partial charge in [0.05, 0.1) is 13.5 Å². The van der Waals surface area contributed by atoms with E-state index in [-0.39, 0.29) is 11.7 Å². The predicted octanol–water partition coefficient (Wildman–Crippen LogP) is 4.37. The zero-order chi connectivity index (χ0) is 18.8. The molecule has 1 N–H and O–H groups in total. The molecule has 1 amide bonds. The number of ether oxygens (including phenoxy) is 1. The van der Waals surface area contributed by atoms with E-state index in [9.17, 15) is 9.90 Å². The van der Waals surface area contributed by atoms with Crippen LogP contribution in [0.4, 0.5) is 0 Å². The number of phenols is 1. The van der Waals surface area contributed by atoms with Crippen LogP contribution >= 0.6 is 0 Å². The largest absolute Gasteiger partial charge is 0.504 e. The number of likely N-dealkylation sites (tertiary alicyclic amines) is 1. The molecule has 3 aromatic rings. The lowest BCUT2D eigenvalue weighted by atomic mass is 10.1. The van der Waals surface area contributed by atoms with Gasteiger partial charge in [0.2, 0.25) is 5.91 Å². The van der Waals surface area contributed by atoms with Crippen LogP contribution in [0.3, 0.4) is 0 Å². The number of hydrogen-bond donors (Lipinski definition) is 1. The number of furan rings is 1. The topological polar surface area (TPSA) is 62.9 Å². The van der Waals surface area contributed by atoms with Crippen molar-refractivity contribution < 1.29 is 19.1 Å². The number of rotatable bonds is 4. The maximum absolute atomic E-state index is 12.5. The molecule has 1 aromatic heterocycles. The summed E-state index contributed by atoms with van der Waals surface area (Å²) in [5, 5.41) is 10.7. The molecule has 0 spiro atoms. The molecule has 1 saturated heterocycles. The summed E-state index contributed by atoms with van der Waals surface area (Å²) in [6.07, 6.45) is 3.84. The number of hydrogen-bond acceptors (Lipinski definition) is 4. The average Bonchev–Trinajstić information content (AvgIpc) is 3.12. The second kappa shape index (κ2) is 7.35. The van der Waals surface area contributed by atoms with Crippen molar-refractivity contribution >= 4 is 16.9 Å². The first-order valence-corrected chi connectivity index (χ1v) is 9.31. The van der Waals surface area contributed by atoms with E-state index in [1.54, 1.807) is 18.2 Å². The number of benzene rings is 2. The van der Waals surface area contributed by atoms with E-state index in [2.05, 4.69) is 0 Å². The molecule has 2 heterocycles. The molecular weight excluding hydrogens is 342 g/mol. The summed E-state index contributed by atoms with van der Waals surface area (Å²) in [6, 6.07) is 13.0. The molecule has 140 valence electrons. The number of fused-ring (bicyclic) bond motifs is 1. The SMILES string of the molecule is COc1cc(-c2cc3cc(CC(=O)N4CCCCC4)ccc3o2)ccc1O. The van der Waals surface area contributed by atoms with E-state index in [0.29, 0.717) is 17.9 Å². The fourth-order valence-corrected chi connectivity index (χ4v) is 3.61. The number of aromatic hydroxyl groups is 1. The lowest BCUT2D eigenvalue weighted by molar-refractivity contribution is -0.131. The number of carbonyl (C=O) groups is 1. The molecule has 1 aliphatic heterocycles. The minimum absolute atomic E-state index is 0.0934. The first-order valence-electron chi connectivity index (χ1n) is 9.31. The lowest BCUT2D eigenvalue weighted by Crippen LogP contribution is -2.36. The minimum atomic E-state index is 0.0934. The standard InChI is InChI=1S/C22H23NO4/c1-26-21-13-16(6-7-18(21)24)20-14-17-11-15(5-8-19(17)27-20)12-22(25)23-9-3-2-4-10-23/h5-8,11,13-14,24H,2-4,9-10,12H2,1H3. The molecule has 1 aliphatic rings. The quantitative estimate of drug-likeness (QED) is 0.746. The Kier molecular flexibility index (Phi) is 4.75. The van der Waals surface area contributed by atoms with Crippen LogP contribution in [0.25, 0.3) is 22.3 Å². The maximum atomic E-state index is 12.5. The highest BCUT2D eigenvalue weighted by Gasteiger charge is 2.17. The van der Waals surface area contributed by atoms with Crippen LogP contribution in [0, 0.1) is 0 Å². The molecule has 27 heavy (non-hydrogen) atoms. The number of nitrogens with zero attached hydrogens (tertiary/aromatic N) is 1. The van der Waals surface area contributed by atoms with Crippen molar-refractivity contribution in [2.75, 3.05) is 20.2 Å². The van der Waals surface area contributed by atoms with Crippen molar-refractivity contribution in [1.29, 1.82) is 0 Å². The van der Waals surface area contributed by atoms with Crippen LogP contribution in [-0.4, -0.2) is 36.1 Å². The third-order valence-corrected chi connectivity index (χ3v) is 5.11. The smallest absolute Gasteiger partial charge is 0.226 e. The zero-order valence-corrected chi connectivity index (χ0v) is 15.4. The first-order chi connectivity index (χ1) is 13.1. The molecule has 5 heteroatoms. The van der Waals surface area contributed by atoms with E-state index < -0.39 is 0 Å². The van der Waals surface area contributed by atoms with Gasteiger partial charge in [0.15, 0.2) is 11.5 Å². The number of amides is 1.